The van der Waals surface area contributed by atoms with Gasteiger partial charge in [0.05, 0.1) is 23.9 Å². The topological polar surface area (TPSA) is 94.5 Å². The van der Waals surface area contributed by atoms with Crippen LogP contribution in [0.1, 0.15) is 41.9 Å². The number of hydrogen-bond acceptors (Lipinski definition) is 5. The van der Waals surface area contributed by atoms with Crippen LogP contribution in [-0.4, -0.2) is 67.1 Å². The number of aromatic nitrogens is 3. The van der Waals surface area contributed by atoms with Crippen LogP contribution in [0, 0.1) is 12.8 Å². The molecule has 208 valence electrons. The molecule has 0 bridgehead atoms. The molecule has 4 heterocycles. The summed E-state index contributed by atoms with van der Waals surface area (Å²) < 4.78 is 1.49. The minimum atomic E-state index is -1.05. The number of amides is 1. The number of aliphatic hydroxyl groups is 1. The van der Waals surface area contributed by atoms with Crippen molar-refractivity contribution in [2.75, 3.05) is 26.2 Å². The molecule has 0 saturated carbocycles. The van der Waals surface area contributed by atoms with Gasteiger partial charge >= 0.3 is 0 Å². The molecule has 0 unspecified atom stereocenters. The van der Waals surface area contributed by atoms with Crippen LogP contribution in [0.15, 0.2) is 78.0 Å². The van der Waals surface area contributed by atoms with Gasteiger partial charge in [0.15, 0.2) is 0 Å². The number of nitrogens with zero attached hydrogens (tertiary/aromatic N) is 4. The van der Waals surface area contributed by atoms with Crippen LogP contribution < -0.4 is 5.56 Å². The van der Waals surface area contributed by atoms with E-state index in [2.05, 4.69) is 70.3 Å². The second-order valence-electron chi connectivity index (χ2n) is 11.6. The lowest BCUT2D eigenvalue weighted by Gasteiger charge is -2.43. The van der Waals surface area contributed by atoms with Gasteiger partial charge in [0, 0.05) is 44.2 Å². The highest BCUT2D eigenvalue weighted by molar-refractivity contribution is 5.80. The van der Waals surface area contributed by atoms with E-state index in [0.29, 0.717) is 37.0 Å². The molecule has 4 aromatic rings. The van der Waals surface area contributed by atoms with Crippen molar-refractivity contribution in [1.82, 2.24) is 24.3 Å². The van der Waals surface area contributed by atoms with E-state index in [1.807, 2.05) is 11.0 Å². The molecule has 2 aliphatic heterocycles. The molecule has 0 radical (unpaired) electrons. The average molecular weight is 540 g/mol. The van der Waals surface area contributed by atoms with Crippen molar-refractivity contribution < 1.29 is 9.90 Å². The average Bonchev–Trinajstić information content (AvgIpc) is 3.45. The lowest BCUT2D eigenvalue weighted by Crippen LogP contribution is -2.53. The molecule has 2 saturated heterocycles. The molecule has 2 aliphatic rings. The summed E-state index contributed by atoms with van der Waals surface area (Å²) in [5.74, 6) is 0.203. The molecule has 8 nitrogen and oxygen atoms in total. The Morgan fingerprint density at radius 3 is 2.65 bits per heavy atom. The number of piperidine rings is 2. The van der Waals surface area contributed by atoms with Gasteiger partial charge in [0.1, 0.15) is 5.65 Å². The van der Waals surface area contributed by atoms with Crippen LogP contribution in [0.4, 0.5) is 0 Å². The second-order valence-corrected chi connectivity index (χ2v) is 11.6. The first-order valence-corrected chi connectivity index (χ1v) is 14.3. The van der Waals surface area contributed by atoms with Gasteiger partial charge in [-0.2, -0.15) is 0 Å². The van der Waals surface area contributed by atoms with Crippen LogP contribution in [0.25, 0.3) is 11.0 Å². The van der Waals surface area contributed by atoms with E-state index in [1.54, 1.807) is 12.3 Å². The molecule has 0 aliphatic carbocycles. The molecular weight excluding hydrogens is 502 g/mol. The number of likely N-dealkylation sites (tertiary alicyclic amines) is 2. The Morgan fingerprint density at radius 2 is 1.88 bits per heavy atom. The third kappa shape index (κ3) is 5.46. The fraction of sp³-hybridized carbons (Fsp3) is 0.406. The molecule has 1 amide bonds. The molecule has 2 N–H and O–H groups in total. The Balaban J connectivity index is 1.13. The maximum absolute atomic E-state index is 13.9. The Morgan fingerprint density at radius 1 is 1.07 bits per heavy atom. The molecule has 40 heavy (non-hydrogen) atoms. The van der Waals surface area contributed by atoms with Crippen molar-refractivity contribution in [2.45, 2.75) is 50.8 Å². The number of H-pyrrole nitrogens is 1. The summed E-state index contributed by atoms with van der Waals surface area (Å²) >= 11 is 0. The smallest absolute Gasteiger partial charge is 0.262 e. The van der Waals surface area contributed by atoms with E-state index in [4.69, 9.17) is 0 Å². The Bertz CT molecular complexity index is 1540. The highest BCUT2D eigenvalue weighted by atomic mass is 16.3. The first-order valence-electron chi connectivity index (χ1n) is 14.3. The quantitative estimate of drug-likeness (QED) is 0.390. The number of aromatic amines is 1. The number of rotatable bonds is 6. The maximum Gasteiger partial charge on any atom is 0.262 e. The van der Waals surface area contributed by atoms with Gasteiger partial charge < -0.3 is 15.0 Å². The van der Waals surface area contributed by atoms with Crippen LogP contribution in [0.3, 0.4) is 0 Å². The van der Waals surface area contributed by atoms with E-state index in [-0.39, 0.29) is 29.8 Å². The second kappa shape index (κ2) is 11.0. The van der Waals surface area contributed by atoms with Crippen LogP contribution in [0.5, 0.6) is 0 Å². The minimum Gasteiger partial charge on any atom is -0.388 e. The molecule has 0 spiro atoms. The highest BCUT2D eigenvalue weighted by Crippen LogP contribution is 2.36. The van der Waals surface area contributed by atoms with Gasteiger partial charge in [0.2, 0.25) is 5.91 Å². The van der Waals surface area contributed by atoms with Crippen LogP contribution in [0.2, 0.25) is 0 Å². The summed E-state index contributed by atoms with van der Waals surface area (Å²) in [7, 11) is 0. The number of nitrogens with one attached hydrogen (secondary N) is 1. The molecule has 6 rings (SSSR count). The number of aryl methyl sites for hydroxylation is 1. The third-order valence-corrected chi connectivity index (χ3v) is 8.74. The molecule has 8 heteroatoms. The first-order chi connectivity index (χ1) is 19.4. The van der Waals surface area contributed by atoms with Gasteiger partial charge in [-0.25, -0.2) is 4.98 Å². The number of carbonyl (C=O) groups is 1. The Hall–Kier alpha value is -3.75. The summed E-state index contributed by atoms with van der Waals surface area (Å²) in [4.78, 5) is 38.4. The number of fused-ring (bicyclic) bond motifs is 1. The number of benzene rings is 2. The van der Waals surface area contributed by atoms with Crippen molar-refractivity contribution in [1.29, 1.82) is 0 Å². The van der Waals surface area contributed by atoms with E-state index < -0.39 is 5.60 Å². The maximum atomic E-state index is 13.9. The van der Waals surface area contributed by atoms with Gasteiger partial charge in [-0.05, 0) is 49.9 Å². The zero-order valence-corrected chi connectivity index (χ0v) is 23.0. The SMILES string of the molecule is Cc1cccc(CN2CC[C@@H](C(=O)N3CCC(O)(Cn4cnc5[nH]ccc5c4=O)CC3)[C@H](c3ccccc3)C2)c1. The minimum absolute atomic E-state index is 0.0924. The van der Waals surface area contributed by atoms with Crippen molar-refractivity contribution in [3.63, 3.8) is 0 Å². The van der Waals surface area contributed by atoms with Crippen molar-refractivity contribution in [2.24, 2.45) is 5.92 Å². The lowest BCUT2D eigenvalue weighted by molar-refractivity contribution is -0.142. The van der Waals surface area contributed by atoms with E-state index >= 15 is 0 Å². The van der Waals surface area contributed by atoms with Gasteiger partial charge in [-0.15, -0.1) is 0 Å². The van der Waals surface area contributed by atoms with Crippen molar-refractivity contribution in [3.8, 4) is 0 Å². The number of carbonyl (C=O) groups excluding carboxylic acids is 1. The summed E-state index contributed by atoms with van der Waals surface area (Å²) in [5, 5.41) is 11.9. The zero-order chi connectivity index (χ0) is 27.7. The first kappa shape index (κ1) is 26.5. The largest absolute Gasteiger partial charge is 0.388 e. The van der Waals surface area contributed by atoms with E-state index in [9.17, 15) is 14.7 Å². The predicted molar refractivity (Wildman–Crippen MR) is 155 cm³/mol. The molecular formula is C32H37N5O3. The van der Waals surface area contributed by atoms with E-state index in [0.717, 1.165) is 26.1 Å². The fourth-order valence-corrected chi connectivity index (χ4v) is 6.51. The Kier molecular flexibility index (Phi) is 7.29. The highest BCUT2D eigenvalue weighted by Gasteiger charge is 2.40. The summed E-state index contributed by atoms with van der Waals surface area (Å²) in [5.41, 5.74) is 3.10. The summed E-state index contributed by atoms with van der Waals surface area (Å²) in [6.45, 7) is 5.85. The third-order valence-electron chi connectivity index (χ3n) is 8.74. The zero-order valence-electron chi connectivity index (χ0n) is 23.0. The lowest BCUT2D eigenvalue weighted by atomic mass is 9.79. The normalized spacial score (nSPS) is 21.5. The number of hydrogen-bond donors (Lipinski definition) is 2. The monoisotopic (exact) mass is 539 g/mol. The van der Waals surface area contributed by atoms with E-state index in [1.165, 1.54) is 27.6 Å². The standard InChI is InChI=1S/C32H37N5O3/c1-23-6-5-7-24(18-23)19-35-15-11-26(28(20-35)25-8-3-2-4-9-25)30(38)36-16-12-32(40,13-17-36)21-37-22-34-29-27(31(37)39)10-14-33-29/h2-10,14,18,22,26,28,33,40H,11-13,15-17,19-21H2,1H3/t26-,28+/m1/s1. The van der Waals surface area contributed by atoms with Crippen LogP contribution >= 0.6 is 0 Å². The molecule has 2 atom stereocenters. The molecule has 2 aromatic heterocycles. The molecule has 2 aromatic carbocycles. The van der Waals surface area contributed by atoms with Crippen molar-refractivity contribution in [3.05, 3.63) is 100 Å². The van der Waals surface area contributed by atoms with Gasteiger partial charge in [-0.3, -0.25) is 19.1 Å². The summed E-state index contributed by atoms with van der Waals surface area (Å²) in [6, 6.07) is 20.8. The predicted octanol–water partition coefficient (Wildman–Crippen LogP) is 3.69. The Labute approximate surface area is 234 Å². The van der Waals surface area contributed by atoms with Crippen LogP contribution in [-0.2, 0) is 17.9 Å². The van der Waals surface area contributed by atoms with Gasteiger partial charge in [0.25, 0.3) is 5.56 Å². The van der Waals surface area contributed by atoms with Crippen molar-refractivity contribution >= 4 is 16.9 Å². The summed E-state index contributed by atoms with van der Waals surface area (Å²) in [6.07, 6.45) is 4.85. The fourth-order valence-electron chi connectivity index (χ4n) is 6.51. The van der Waals surface area contributed by atoms with Gasteiger partial charge in [-0.1, -0.05) is 60.2 Å². The molecule has 2 fully saturated rings.